The first kappa shape index (κ1) is 8.52. The minimum atomic E-state index is 0.135. The highest BCUT2D eigenvalue weighted by Crippen LogP contribution is 2.45. The van der Waals surface area contributed by atoms with E-state index in [0.29, 0.717) is 0 Å². The van der Waals surface area contributed by atoms with Crippen LogP contribution in [0.2, 0.25) is 0 Å². The normalized spacial score (nSPS) is 47.5. The molecule has 2 heteroatoms. The van der Waals surface area contributed by atoms with Crippen molar-refractivity contribution in [1.29, 1.82) is 0 Å². The third-order valence-corrected chi connectivity index (χ3v) is 3.36. The van der Waals surface area contributed by atoms with Crippen molar-refractivity contribution in [3.05, 3.63) is 0 Å². The summed E-state index contributed by atoms with van der Waals surface area (Å²) in [7, 11) is 0. The Morgan fingerprint density at radius 1 is 1.42 bits per heavy atom. The fourth-order valence-electron chi connectivity index (χ4n) is 2.71. The van der Waals surface area contributed by atoms with Crippen LogP contribution in [-0.4, -0.2) is 23.4 Å². The van der Waals surface area contributed by atoms with Gasteiger partial charge >= 0.3 is 0 Å². The molecule has 0 aromatic carbocycles. The molecule has 0 aromatic rings. The highest BCUT2D eigenvalue weighted by atomic mass is 16.5. The first-order valence-electron chi connectivity index (χ1n) is 5.03. The fraction of sp³-hybridized carbons (Fsp3) is 1.00. The molecule has 2 rings (SSSR count). The highest BCUT2D eigenvalue weighted by molar-refractivity contribution is 4.94. The molecule has 0 amide bonds. The van der Waals surface area contributed by atoms with Gasteiger partial charge in [0.05, 0.1) is 18.3 Å². The van der Waals surface area contributed by atoms with Crippen molar-refractivity contribution < 1.29 is 9.84 Å². The zero-order valence-corrected chi connectivity index (χ0v) is 7.75. The zero-order valence-electron chi connectivity index (χ0n) is 7.75. The van der Waals surface area contributed by atoms with Gasteiger partial charge in [0, 0.05) is 0 Å². The molecule has 1 aliphatic carbocycles. The van der Waals surface area contributed by atoms with Gasteiger partial charge in [-0.15, -0.1) is 0 Å². The Morgan fingerprint density at radius 2 is 2.17 bits per heavy atom. The Kier molecular flexibility index (Phi) is 2.13. The largest absolute Gasteiger partial charge is 0.394 e. The Hall–Kier alpha value is -0.0800. The van der Waals surface area contributed by atoms with Gasteiger partial charge in [-0.2, -0.15) is 0 Å². The molecule has 1 aliphatic heterocycles. The number of rotatable bonds is 1. The molecule has 2 nitrogen and oxygen atoms in total. The van der Waals surface area contributed by atoms with Gasteiger partial charge in [0.25, 0.3) is 0 Å². The first-order chi connectivity index (χ1) is 5.74. The van der Waals surface area contributed by atoms with Crippen molar-refractivity contribution in [2.45, 2.75) is 50.7 Å². The summed E-state index contributed by atoms with van der Waals surface area (Å²) < 4.78 is 5.88. The lowest BCUT2D eigenvalue weighted by Gasteiger charge is -2.23. The molecule has 0 aromatic heterocycles. The predicted octanol–water partition coefficient (Wildman–Crippen LogP) is 1.72. The quantitative estimate of drug-likeness (QED) is 0.649. The monoisotopic (exact) mass is 170 g/mol. The van der Waals surface area contributed by atoms with Crippen LogP contribution in [0.15, 0.2) is 0 Å². The molecule has 2 aliphatic rings. The van der Waals surface area contributed by atoms with E-state index in [0.717, 1.165) is 12.3 Å². The van der Waals surface area contributed by atoms with Crippen LogP contribution in [-0.2, 0) is 4.74 Å². The summed E-state index contributed by atoms with van der Waals surface area (Å²) in [6.45, 7) is 2.50. The molecule has 3 atom stereocenters. The van der Waals surface area contributed by atoms with Gasteiger partial charge in [-0.25, -0.2) is 0 Å². The molecule has 70 valence electrons. The molecular weight excluding hydrogens is 152 g/mol. The lowest BCUT2D eigenvalue weighted by Crippen LogP contribution is -2.26. The third kappa shape index (κ3) is 1.38. The lowest BCUT2D eigenvalue weighted by molar-refractivity contribution is -0.0564. The zero-order chi connectivity index (χ0) is 8.60. The van der Waals surface area contributed by atoms with Gasteiger partial charge in [0.1, 0.15) is 0 Å². The Balaban J connectivity index is 1.97. The van der Waals surface area contributed by atoms with Gasteiger partial charge in [0.15, 0.2) is 0 Å². The molecule has 2 fully saturated rings. The van der Waals surface area contributed by atoms with Crippen LogP contribution in [0.4, 0.5) is 0 Å². The number of ether oxygens (including phenoxy) is 1. The standard InChI is InChI=1S/C10H18O2/c1-8-2-4-10(6-8)5-3-9(7-11)12-10/h8-9,11H,2-7H2,1H3/t8-,9+,10-/m1/s1. The number of hydrogen-bond donors (Lipinski definition) is 1. The summed E-state index contributed by atoms with van der Waals surface area (Å²) in [6, 6.07) is 0. The SMILES string of the molecule is C[C@@H]1CC[C@@]2(CC[C@@H](CO)O2)C1. The van der Waals surface area contributed by atoms with Crippen LogP contribution in [0.3, 0.4) is 0 Å². The second-order valence-corrected chi connectivity index (χ2v) is 4.49. The van der Waals surface area contributed by atoms with Crippen LogP contribution in [0.25, 0.3) is 0 Å². The summed E-state index contributed by atoms with van der Waals surface area (Å²) in [5, 5.41) is 8.95. The molecule has 1 spiro atoms. The van der Waals surface area contributed by atoms with Crippen molar-refractivity contribution in [1.82, 2.24) is 0 Å². The molecule has 1 heterocycles. The topological polar surface area (TPSA) is 29.5 Å². The summed E-state index contributed by atoms with van der Waals surface area (Å²) >= 11 is 0. The molecule has 12 heavy (non-hydrogen) atoms. The minimum absolute atomic E-state index is 0.135. The summed E-state index contributed by atoms with van der Waals surface area (Å²) in [6.07, 6.45) is 6.09. The van der Waals surface area contributed by atoms with E-state index in [2.05, 4.69) is 6.92 Å². The summed E-state index contributed by atoms with van der Waals surface area (Å²) in [5.41, 5.74) is 0.173. The van der Waals surface area contributed by atoms with Gasteiger partial charge < -0.3 is 9.84 Å². The third-order valence-electron chi connectivity index (χ3n) is 3.36. The van der Waals surface area contributed by atoms with Crippen LogP contribution in [0.5, 0.6) is 0 Å². The van der Waals surface area contributed by atoms with Crippen molar-refractivity contribution in [2.24, 2.45) is 5.92 Å². The van der Waals surface area contributed by atoms with Crippen LogP contribution >= 0.6 is 0 Å². The maximum atomic E-state index is 8.95. The van der Waals surface area contributed by atoms with Crippen molar-refractivity contribution in [2.75, 3.05) is 6.61 Å². The average molecular weight is 170 g/mol. The maximum absolute atomic E-state index is 8.95. The maximum Gasteiger partial charge on any atom is 0.0814 e. The summed E-state index contributed by atoms with van der Waals surface area (Å²) in [5.74, 6) is 0.822. The van der Waals surface area contributed by atoms with Gasteiger partial charge in [-0.1, -0.05) is 6.92 Å². The van der Waals surface area contributed by atoms with Crippen LogP contribution < -0.4 is 0 Å². The number of hydrogen-bond acceptors (Lipinski definition) is 2. The van der Waals surface area contributed by atoms with E-state index in [1.165, 1.54) is 25.7 Å². The Labute approximate surface area is 73.9 Å². The molecular formula is C10H18O2. The Morgan fingerprint density at radius 3 is 2.67 bits per heavy atom. The van der Waals surface area contributed by atoms with E-state index in [1.54, 1.807) is 0 Å². The highest BCUT2D eigenvalue weighted by Gasteiger charge is 2.44. The van der Waals surface area contributed by atoms with Gasteiger partial charge in [-0.05, 0) is 38.0 Å². The van der Waals surface area contributed by atoms with Crippen molar-refractivity contribution in [3.8, 4) is 0 Å². The van der Waals surface area contributed by atoms with Gasteiger partial charge in [-0.3, -0.25) is 0 Å². The fourth-order valence-corrected chi connectivity index (χ4v) is 2.71. The molecule has 1 saturated heterocycles. The van der Waals surface area contributed by atoms with E-state index in [4.69, 9.17) is 9.84 Å². The summed E-state index contributed by atoms with van der Waals surface area (Å²) in [4.78, 5) is 0. The lowest BCUT2D eigenvalue weighted by atomic mass is 9.97. The molecule has 0 unspecified atom stereocenters. The average Bonchev–Trinajstić information content (AvgIpc) is 2.61. The van der Waals surface area contributed by atoms with E-state index in [9.17, 15) is 0 Å². The molecule has 1 N–H and O–H groups in total. The van der Waals surface area contributed by atoms with Gasteiger partial charge in [0.2, 0.25) is 0 Å². The van der Waals surface area contributed by atoms with E-state index < -0.39 is 0 Å². The van der Waals surface area contributed by atoms with Crippen molar-refractivity contribution >= 4 is 0 Å². The molecule has 1 saturated carbocycles. The first-order valence-corrected chi connectivity index (χ1v) is 5.03. The van der Waals surface area contributed by atoms with E-state index in [1.807, 2.05) is 0 Å². The van der Waals surface area contributed by atoms with Crippen molar-refractivity contribution in [3.63, 3.8) is 0 Å². The molecule has 0 radical (unpaired) electrons. The van der Waals surface area contributed by atoms with Crippen LogP contribution in [0.1, 0.15) is 39.0 Å². The second-order valence-electron chi connectivity index (χ2n) is 4.49. The number of aliphatic hydroxyl groups excluding tert-OH is 1. The van der Waals surface area contributed by atoms with E-state index in [-0.39, 0.29) is 18.3 Å². The predicted molar refractivity (Wildman–Crippen MR) is 46.9 cm³/mol. The van der Waals surface area contributed by atoms with E-state index >= 15 is 0 Å². The number of aliphatic hydroxyl groups is 1. The Bertz CT molecular complexity index is 169. The van der Waals surface area contributed by atoms with Crippen LogP contribution in [0, 0.1) is 5.92 Å². The smallest absolute Gasteiger partial charge is 0.0814 e. The second kappa shape index (κ2) is 3.00. The minimum Gasteiger partial charge on any atom is -0.394 e. The molecule has 0 bridgehead atoms.